The van der Waals surface area contributed by atoms with Crippen LogP contribution in [0.25, 0.3) is 0 Å². The average molecular weight is 554 g/mol. The lowest BCUT2D eigenvalue weighted by Crippen LogP contribution is -2.62. The van der Waals surface area contributed by atoms with Gasteiger partial charge in [0.25, 0.3) is 0 Å². The van der Waals surface area contributed by atoms with Crippen LogP contribution in [-0.4, -0.2) is 63.4 Å². The highest BCUT2D eigenvalue weighted by Crippen LogP contribution is 2.53. The molecule has 8 nitrogen and oxygen atoms in total. The zero-order valence-corrected chi connectivity index (χ0v) is 23.7. The van der Waals surface area contributed by atoms with E-state index in [4.69, 9.17) is 5.73 Å². The number of carbonyl (C=O) groups is 4. The summed E-state index contributed by atoms with van der Waals surface area (Å²) in [4.78, 5) is 53.3. The van der Waals surface area contributed by atoms with E-state index in [1.807, 2.05) is 39.0 Å². The lowest BCUT2D eigenvalue weighted by molar-refractivity contribution is -0.160. The van der Waals surface area contributed by atoms with Crippen molar-refractivity contribution in [2.45, 2.75) is 82.2 Å². The third-order valence-corrected chi connectivity index (χ3v) is 10.8. The Balaban J connectivity index is 1.27. The quantitative estimate of drug-likeness (QED) is 0.376. The number of nitrogens with two attached hydrogens (primary N) is 1. The number of hydrogen-bond donors (Lipinski definition) is 3. The number of carbonyl (C=O) groups excluding carboxylic acids is 3. The minimum Gasteiger partial charge on any atom is -0.477 e. The minimum absolute atomic E-state index is 0.00312. The summed E-state index contributed by atoms with van der Waals surface area (Å²) >= 11 is 1.50. The van der Waals surface area contributed by atoms with Gasteiger partial charge in [-0.25, -0.2) is 4.79 Å². The van der Waals surface area contributed by atoms with E-state index in [9.17, 15) is 24.3 Å². The Morgan fingerprint density at radius 2 is 1.90 bits per heavy atom. The second-order valence-corrected chi connectivity index (χ2v) is 13.1. The summed E-state index contributed by atoms with van der Waals surface area (Å²) in [5, 5.41) is 13.5. The van der Waals surface area contributed by atoms with E-state index in [2.05, 4.69) is 17.4 Å². The molecule has 1 aromatic rings. The number of thioether (sulfide) groups is 1. The number of hydrogen-bond acceptors (Lipinski definition) is 7. The molecule has 9 heteroatoms. The highest BCUT2D eigenvalue weighted by atomic mass is 32.2. The van der Waals surface area contributed by atoms with Gasteiger partial charge in [0.05, 0.1) is 18.0 Å². The molecule has 1 unspecified atom stereocenters. The predicted molar refractivity (Wildman–Crippen MR) is 150 cm³/mol. The summed E-state index contributed by atoms with van der Waals surface area (Å²) in [6, 6.07) is 9.60. The van der Waals surface area contributed by atoms with Crippen molar-refractivity contribution >= 4 is 35.2 Å². The fourth-order valence-corrected chi connectivity index (χ4v) is 8.78. The number of nitrogens with one attached hydrogen (secondary N) is 1. The molecule has 3 heterocycles. The molecule has 9 atom stereocenters. The van der Waals surface area contributed by atoms with Gasteiger partial charge in [-0.2, -0.15) is 0 Å². The van der Waals surface area contributed by atoms with Gasteiger partial charge in [0.2, 0.25) is 5.91 Å². The van der Waals surface area contributed by atoms with E-state index in [1.165, 1.54) is 16.7 Å². The normalized spacial score (nSPS) is 34.7. The summed E-state index contributed by atoms with van der Waals surface area (Å²) in [6.45, 7) is 6.32. The zero-order chi connectivity index (χ0) is 28.0. The fraction of sp³-hybridized carbons (Fsp3) is 0.600. The van der Waals surface area contributed by atoms with Gasteiger partial charge in [-0.15, -0.1) is 11.8 Å². The minimum atomic E-state index is -1.10. The molecular formula is C30H39N3O5S. The zero-order valence-electron chi connectivity index (χ0n) is 22.8. The SMILES string of the molecule is CCC(=O)C[C@H](C)[C@H]1C(=O)N2C(C(=O)O)=C(S[C@@H]3CN[C@H](C(=O)C4C[C@@H](N)C[C@H]4c4ccccc4)C3)[C@H](C)[C@H]12. The van der Waals surface area contributed by atoms with Crippen LogP contribution in [0.1, 0.15) is 64.4 Å². The van der Waals surface area contributed by atoms with Crippen LogP contribution in [0.3, 0.4) is 0 Å². The van der Waals surface area contributed by atoms with Crippen LogP contribution in [-0.2, 0) is 19.2 Å². The Hall–Kier alpha value is -2.49. The van der Waals surface area contributed by atoms with Gasteiger partial charge in [-0.1, -0.05) is 51.1 Å². The van der Waals surface area contributed by atoms with Crippen LogP contribution < -0.4 is 11.1 Å². The van der Waals surface area contributed by atoms with E-state index in [0.717, 1.165) is 12.0 Å². The first-order valence-corrected chi connectivity index (χ1v) is 15.1. The molecule has 5 rings (SSSR count). The van der Waals surface area contributed by atoms with E-state index in [-0.39, 0.29) is 76.1 Å². The topological polar surface area (TPSA) is 130 Å². The van der Waals surface area contributed by atoms with Crippen molar-refractivity contribution in [3.05, 3.63) is 46.5 Å². The summed E-state index contributed by atoms with van der Waals surface area (Å²) in [5.41, 5.74) is 7.54. The van der Waals surface area contributed by atoms with Gasteiger partial charge in [0.15, 0.2) is 5.78 Å². The summed E-state index contributed by atoms with van der Waals surface area (Å²) in [6.07, 6.45) is 2.86. The number of nitrogens with zero attached hydrogens (tertiary/aromatic N) is 1. The summed E-state index contributed by atoms with van der Waals surface area (Å²) in [5.74, 6) is -1.60. The molecule has 39 heavy (non-hydrogen) atoms. The maximum atomic E-state index is 13.7. The van der Waals surface area contributed by atoms with Crippen molar-refractivity contribution in [1.82, 2.24) is 10.2 Å². The van der Waals surface area contributed by atoms with Crippen LogP contribution in [0.2, 0.25) is 0 Å². The monoisotopic (exact) mass is 553 g/mol. The Bertz CT molecular complexity index is 1190. The van der Waals surface area contributed by atoms with Gasteiger partial charge in [-0.05, 0) is 36.7 Å². The van der Waals surface area contributed by atoms with Crippen molar-refractivity contribution in [2.75, 3.05) is 6.54 Å². The lowest BCUT2D eigenvalue weighted by atomic mass is 9.73. The van der Waals surface area contributed by atoms with Crippen molar-refractivity contribution < 1.29 is 24.3 Å². The van der Waals surface area contributed by atoms with Gasteiger partial charge in [0.1, 0.15) is 11.5 Å². The summed E-state index contributed by atoms with van der Waals surface area (Å²) < 4.78 is 0. The second-order valence-electron chi connectivity index (χ2n) is 11.8. The molecule has 4 aliphatic rings. The molecule has 4 N–H and O–H groups in total. The number of Topliss-reactive ketones (excluding diaryl/α,β-unsaturated/α-hetero) is 2. The molecule has 1 aromatic carbocycles. The number of ketones is 2. The number of amides is 1. The molecule has 0 aromatic heterocycles. The highest BCUT2D eigenvalue weighted by Gasteiger charge is 2.60. The van der Waals surface area contributed by atoms with E-state index >= 15 is 0 Å². The lowest BCUT2D eigenvalue weighted by Gasteiger charge is -2.47. The highest BCUT2D eigenvalue weighted by molar-refractivity contribution is 8.03. The van der Waals surface area contributed by atoms with Crippen molar-refractivity contribution in [1.29, 1.82) is 0 Å². The molecular weight excluding hydrogens is 514 g/mol. The summed E-state index contributed by atoms with van der Waals surface area (Å²) in [7, 11) is 0. The number of β-lactam (4-membered cyclic amide) rings is 1. The van der Waals surface area contributed by atoms with E-state index in [1.54, 1.807) is 0 Å². The number of carboxylic acid groups (broad SMARTS) is 1. The molecule has 0 radical (unpaired) electrons. The number of carboxylic acids is 1. The van der Waals surface area contributed by atoms with E-state index < -0.39 is 5.97 Å². The number of benzene rings is 1. The molecule has 0 spiro atoms. The Labute approximate surface area is 234 Å². The molecule has 0 bridgehead atoms. The van der Waals surface area contributed by atoms with Crippen molar-refractivity contribution in [2.24, 2.45) is 29.4 Å². The van der Waals surface area contributed by atoms with Gasteiger partial charge in [-0.3, -0.25) is 14.4 Å². The second kappa shape index (κ2) is 11.2. The van der Waals surface area contributed by atoms with Gasteiger partial charge in [0, 0.05) is 47.4 Å². The van der Waals surface area contributed by atoms with Crippen LogP contribution in [0, 0.1) is 23.7 Å². The largest absolute Gasteiger partial charge is 0.477 e. The van der Waals surface area contributed by atoms with E-state index in [0.29, 0.717) is 37.1 Å². The van der Waals surface area contributed by atoms with Crippen LogP contribution >= 0.6 is 11.8 Å². The molecule has 3 fully saturated rings. The first-order chi connectivity index (χ1) is 18.6. The Kier molecular flexibility index (Phi) is 8.04. The third-order valence-electron chi connectivity index (χ3n) is 9.27. The first kappa shape index (κ1) is 28.1. The smallest absolute Gasteiger partial charge is 0.353 e. The molecule has 3 aliphatic heterocycles. The number of aliphatic carboxylic acids is 1. The number of rotatable bonds is 10. The number of fused-ring (bicyclic) bond motifs is 1. The average Bonchev–Trinajstić information content (AvgIpc) is 3.60. The maximum Gasteiger partial charge on any atom is 0.353 e. The molecule has 2 saturated heterocycles. The fourth-order valence-electron chi connectivity index (χ4n) is 7.31. The van der Waals surface area contributed by atoms with Crippen molar-refractivity contribution in [3.63, 3.8) is 0 Å². The van der Waals surface area contributed by atoms with Crippen LogP contribution in [0.5, 0.6) is 0 Å². The Morgan fingerprint density at radius 1 is 1.18 bits per heavy atom. The Morgan fingerprint density at radius 3 is 2.56 bits per heavy atom. The predicted octanol–water partition coefficient (Wildman–Crippen LogP) is 3.32. The van der Waals surface area contributed by atoms with Crippen LogP contribution in [0.15, 0.2) is 40.9 Å². The molecule has 1 saturated carbocycles. The first-order valence-electron chi connectivity index (χ1n) is 14.2. The molecule has 210 valence electrons. The van der Waals surface area contributed by atoms with Crippen molar-refractivity contribution in [3.8, 4) is 0 Å². The van der Waals surface area contributed by atoms with Gasteiger partial charge >= 0.3 is 5.97 Å². The van der Waals surface area contributed by atoms with Crippen LogP contribution in [0.4, 0.5) is 0 Å². The third kappa shape index (κ3) is 5.09. The maximum absolute atomic E-state index is 13.7. The molecule has 1 aliphatic carbocycles. The molecule has 1 amide bonds. The van der Waals surface area contributed by atoms with Gasteiger partial charge < -0.3 is 21.1 Å². The standard InChI is InChI=1S/C30H39N3O5S/c1-4-19(34)10-15(2)24-25-16(3)28(26(30(37)38)33(25)29(24)36)39-20-13-23(32-14-20)27(35)22-12-18(31)11-21(22)17-8-6-5-7-9-17/h5-9,15-16,18,20-25,32H,4,10-14,31H2,1-3H3,(H,37,38)/t15-,16+,18-,20-,21-,22?,23-,24+,25+/m0/s1.